The second-order valence-electron chi connectivity index (χ2n) is 4.86. The van der Waals surface area contributed by atoms with Crippen molar-refractivity contribution in [3.05, 3.63) is 53.3 Å². The van der Waals surface area contributed by atoms with Gasteiger partial charge in [0.1, 0.15) is 11.6 Å². The predicted octanol–water partition coefficient (Wildman–Crippen LogP) is 3.87. The molecule has 0 atom stereocenters. The molecule has 0 aliphatic heterocycles. The number of phenols is 1. The lowest BCUT2D eigenvalue weighted by atomic mass is 10.1. The molecule has 0 saturated carbocycles. The molecular weight excluding hydrogens is 271 g/mol. The molecule has 0 aliphatic carbocycles. The second-order valence-corrected chi connectivity index (χ2v) is 4.86. The van der Waals surface area contributed by atoms with E-state index in [1.165, 1.54) is 6.07 Å². The first-order chi connectivity index (χ1) is 10.1. The number of aromatic nitrogens is 2. The lowest BCUT2D eigenvalue weighted by Crippen LogP contribution is -1.86. The molecule has 1 heterocycles. The average molecular weight is 284 g/mol. The summed E-state index contributed by atoms with van der Waals surface area (Å²) in [5, 5.41) is 13.9. The third-order valence-electron chi connectivity index (χ3n) is 3.32. The normalized spacial score (nSPS) is 10.8. The van der Waals surface area contributed by atoms with E-state index in [-0.39, 0.29) is 23.3 Å². The highest BCUT2D eigenvalue weighted by Crippen LogP contribution is 2.31. The van der Waals surface area contributed by atoms with E-state index in [0.717, 1.165) is 0 Å². The predicted molar refractivity (Wildman–Crippen MR) is 76.3 cm³/mol. The molecule has 3 rings (SSSR count). The molecule has 0 fully saturated rings. The Morgan fingerprint density at radius 2 is 1.90 bits per heavy atom. The van der Waals surface area contributed by atoms with Gasteiger partial charge in [0.05, 0.1) is 5.56 Å². The number of rotatable bonds is 2. The van der Waals surface area contributed by atoms with E-state index < -0.39 is 0 Å². The molecule has 0 unspecified atom stereocenters. The van der Waals surface area contributed by atoms with E-state index in [1.807, 2.05) is 0 Å². The molecule has 4 nitrogen and oxygen atoms in total. The Labute approximate surface area is 120 Å². The van der Waals surface area contributed by atoms with Gasteiger partial charge in [-0.3, -0.25) is 0 Å². The van der Waals surface area contributed by atoms with Crippen molar-refractivity contribution >= 4 is 0 Å². The summed E-state index contributed by atoms with van der Waals surface area (Å²) in [5.41, 5.74) is 2.26. The van der Waals surface area contributed by atoms with Crippen LogP contribution in [0.4, 0.5) is 4.39 Å². The molecule has 3 aromatic rings. The summed E-state index contributed by atoms with van der Waals surface area (Å²) in [5.74, 6) is 0.261. The minimum atomic E-state index is -0.322. The minimum Gasteiger partial charge on any atom is -0.507 e. The van der Waals surface area contributed by atoms with Gasteiger partial charge < -0.3 is 9.63 Å². The summed E-state index contributed by atoms with van der Waals surface area (Å²) in [7, 11) is 0. The van der Waals surface area contributed by atoms with Gasteiger partial charge in [-0.15, -0.1) is 0 Å². The zero-order valence-corrected chi connectivity index (χ0v) is 11.6. The van der Waals surface area contributed by atoms with Crippen molar-refractivity contribution in [2.75, 3.05) is 0 Å². The highest BCUT2D eigenvalue weighted by atomic mass is 19.1. The van der Waals surface area contributed by atoms with Gasteiger partial charge in [-0.2, -0.15) is 4.98 Å². The van der Waals surface area contributed by atoms with E-state index in [9.17, 15) is 9.50 Å². The standard InChI is InChI=1S/C16H13FN2O2/c1-9-6-7-11(8-13(9)17)15-18-16(21-19-15)12-5-3-4-10(2)14(12)20/h3-8,20H,1-2H3. The topological polar surface area (TPSA) is 59.2 Å². The van der Waals surface area contributed by atoms with Crippen LogP contribution in [0.15, 0.2) is 40.9 Å². The van der Waals surface area contributed by atoms with Crippen molar-refractivity contribution in [1.82, 2.24) is 10.1 Å². The van der Waals surface area contributed by atoms with Crippen LogP contribution in [0.25, 0.3) is 22.8 Å². The van der Waals surface area contributed by atoms with E-state index in [0.29, 0.717) is 22.3 Å². The average Bonchev–Trinajstić information content (AvgIpc) is 2.94. The molecular formula is C16H13FN2O2. The first-order valence-electron chi connectivity index (χ1n) is 6.45. The fraction of sp³-hybridized carbons (Fsp3) is 0.125. The van der Waals surface area contributed by atoms with Crippen molar-refractivity contribution in [2.45, 2.75) is 13.8 Å². The quantitative estimate of drug-likeness (QED) is 0.776. The number of aromatic hydroxyl groups is 1. The van der Waals surface area contributed by atoms with Crippen LogP contribution in [0, 0.1) is 19.7 Å². The summed E-state index contributed by atoms with van der Waals surface area (Å²) >= 11 is 0. The van der Waals surface area contributed by atoms with Crippen LogP contribution in [-0.4, -0.2) is 15.2 Å². The van der Waals surface area contributed by atoms with Crippen molar-refractivity contribution in [3.8, 4) is 28.6 Å². The molecule has 2 aromatic carbocycles. The summed E-state index contributed by atoms with van der Waals surface area (Å²) in [6.45, 7) is 3.47. The monoisotopic (exact) mass is 284 g/mol. The fourth-order valence-electron chi connectivity index (χ4n) is 2.01. The van der Waals surface area contributed by atoms with Gasteiger partial charge in [-0.25, -0.2) is 4.39 Å². The number of nitrogens with zero attached hydrogens (tertiary/aromatic N) is 2. The minimum absolute atomic E-state index is 0.0998. The first-order valence-corrected chi connectivity index (χ1v) is 6.45. The molecule has 0 saturated heterocycles. The maximum Gasteiger partial charge on any atom is 0.262 e. The van der Waals surface area contributed by atoms with Crippen molar-refractivity contribution in [3.63, 3.8) is 0 Å². The maximum absolute atomic E-state index is 13.6. The molecule has 0 bridgehead atoms. The molecule has 0 aliphatic rings. The van der Waals surface area contributed by atoms with Crippen LogP contribution in [0.1, 0.15) is 11.1 Å². The fourth-order valence-corrected chi connectivity index (χ4v) is 2.01. The Morgan fingerprint density at radius 3 is 2.67 bits per heavy atom. The van der Waals surface area contributed by atoms with Gasteiger partial charge in [0.25, 0.3) is 5.89 Å². The Morgan fingerprint density at radius 1 is 1.10 bits per heavy atom. The van der Waals surface area contributed by atoms with Crippen LogP contribution in [0.5, 0.6) is 5.75 Å². The van der Waals surface area contributed by atoms with Crippen molar-refractivity contribution < 1.29 is 14.0 Å². The van der Waals surface area contributed by atoms with Crippen LogP contribution in [0.2, 0.25) is 0 Å². The zero-order chi connectivity index (χ0) is 15.0. The highest BCUT2D eigenvalue weighted by Gasteiger charge is 2.15. The molecule has 1 N–H and O–H groups in total. The van der Waals surface area contributed by atoms with E-state index in [1.54, 1.807) is 44.2 Å². The van der Waals surface area contributed by atoms with Gasteiger partial charge >= 0.3 is 0 Å². The largest absolute Gasteiger partial charge is 0.507 e. The van der Waals surface area contributed by atoms with Crippen LogP contribution < -0.4 is 0 Å². The Balaban J connectivity index is 2.03. The molecule has 0 spiro atoms. The third kappa shape index (κ3) is 2.38. The number of halogens is 1. The lowest BCUT2D eigenvalue weighted by Gasteiger charge is -2.01. The molecule has 0 radical (unpaired) electrons. The lowest BCUT2D eigenvalue weighted by molar-refractivity contribution is 0.425. The first kappa shape index (κ1) is 13.3. The summed E-state index contributed by atoms with van der Waals surface area (Å²) in [4.78, 5) is 4.22. The zero-order valence-electron chi connectivity index (χ0n) is 11.6. The van der Waals surface area contributed by atoms with E-state index >= 15 is 0 Å². The Kier molecular flexibility index (Phi) is 3.17. The second kappa shape index (κ2) is 5.01. The summed E-state index contributed by atoms with van der Waals surface area (Å²) in [6, 6.07) is 10.0. The van der Waals surface area contributed by atoms with Crippen LogP contribution in [-0.2, 0) is 0 Å². The van der Waals surface area contributed by atoms with Gasteiger partial charge in [0.15, 0.2) is 0 Å². The molecule has 106 valence electrons. The van der Waals surface area contributed by atoms with Crippen molar-refractivity contribution in [2.24, 2.45) is 0 Å². The molecule has 5 heteroatoms. The van der Waals surface area contributed by atoms with Gasteiger partial charge in [-0.1, -0.05) is 29.4 Å². The number of phenolic OH excluding ortho intramolecular Hbond substituents is 1. The van der Waals surface area contributed by atoms with Crippen molar-refractivity contribution in [1.29, 1.82) is 0 Å². The van der Waals surface area contributed by atoms with Gasteiger partial charge in [-0.05, 0) is 37.1 Å². The molecule has 0 amide bonds. The van der Waals surface area contributed by atoms with Crippen LogP contribution >= 0.6 is 0 Å². The SMILES string of the molecule is Cc1ccc(-c2noc(-c3cccc(C)c3O)n2)cc1F. The third-order valence-corrected chi connectivity index (χ3v) is 3.32. The summed E-state index contributed by atoms with van der Waals surface area (Å²) < 4.78 is 18.8. The Hall–Kier alpha value is -2.69. The smallest absolute Gasteiger partial charge is 0.262 e. The van der Waals surface area contributed by atoms with E-state index in [2.05, 4.69) is 10.1 Å². The number of benzene rings is 2. The number of hydrogen-bond donors (Lipinski definition) is 1. The maximum atomic E-state index is 13.6. The number of hydrogen-bond acceptors (Lipinski definition) is 4. The molecule has 1 aromatic heterocycles. The van der Waals surface area contributed by atoms with Gasteiger partial charge in [0.2, 0.25) is 5.82 Å². The summed E-state index contributed by atoms with van der Waals surface area (Å²) in [6.07, 6.45) is 0. The number of para-hydroxylation sites is 1. The highest BCUT2D eigenvalue weighted by molar-refractivity contribution is 5.66. The molecule has 21 heavy (non-hydrogen) atoms. The van der Waals surface area contributed by atoms with Crippen LogP contribution in [0.3, 0.4) is 0 Å². The number of aryl methyl sites for hydroxylation is 2. The van der Waals surface area contributed by atoms with E-state index in [4.69, 9.17) is 4.52 Å². The van der Waals surface area contributed by atoms with Gasteiger partial charge in [0, 0.05) is 5.56 Å². The Bertz CT molecular complexity index is 812.